The van der Waals surface area contributed by atoms with E-state index in [2.05, 4.69) is 47.1 Å². The van der Waals surface area contributed by atoms with Crippen molar-refractivity contribution in [3.05, 3.63) is 58.3 Å². The maximum Gasteiger partial charge on any atom is 0.278 e. The molecule has 30 heavy (non-hydrogen) atoms. The summed E-state index contributed by atoms with van der Waals surface area (Å²) in [5.41, 5.74) is 1.22. The van der Waals surface area contributed by atoms with E-state index in [0.29, 0.717) is 13.1 Å². The summed E-state index contributed by atoms with van der Waals surface area (Å²) in [4.78, 5) is 31.8. The Bertz CT molecular complexity index is 813. The Labute approximate surface area is 182 Å². The van der Waals surface area contributed by atoms with Crippen LogP contribution in [0.1, 0.15) is 29.3 Å². The lowest BCUT2D eigenvalue weighted by Crippen LogP contribution is -3.16. The number of hydrogen-bond acceptors (Lipinski definition) is 3. The highest BCUT2D eigenvalue weighted by Gasteiger charge is 2.29. The van der Waals surface area contributed by atoms with Gasteiger partial charge in [-0.2, -0.15) is 0 Å². The number of piperazine rings is 1. The van der Waals surface area contributed by atoms with Crippen molar-refractivity contribution in [2.24, 2.45) is 0 Å². The molecule has 2 saturated heterocycles. The van der Waals surface area contributed by atoms with Gasteiger partial charge in [-0.3, -0.25) is 9.59 Å². The van der Waals surface area contributed by atoms with Gasteiger partial charge in [-0.25, -0.2) is 0 Å². The van der Waals surface area contributed by atoms with Crippen LogP contribution in [0, 0.1) is 0 Å². The van der Waals surface area contributed by atoms with Gasteiger partial charge in [0, 0.05) is 18.7 Å². The summed E-state index contributed by atoms with van der Waals surface area (Å²) in [5.74, 6) is 0.467. The summed E-state index contributed by atoms with van der Waals surface area (Å²) in [6.07, 6.45) is 2.27. The van der Waals surface area contributed by atoms with Crippen LogP contribution in [0.5, 0.6) is 0 Å². The van der Waals surface area contributed by atoms with Gasteiger partial charge in [-0.05, 0) is 24.3 Å². The van der Waals surface area contributed by atoms with E-state index in [1.54, 1.807) is 11.3 Å². The lowest BCUT2D eigenvalue weighted by molar-refractivity contribution is -0.896. The molecule has 1 atom stereocenters. The van der Waals surface area contributed by atoms with Gasteiger partial charge in [-0.15, -0.1) is 11.3 Å². The van der Waals surface area contributed by atoms with Crippen LogP contribution in [0.3, 0.4) is 0 Å². The standard InChI is InChI=1S/C23H30N4O2S/c28-21(17-24-23(20-9-6-16-30-20)19-7-2-1-3-8-19)27-14-12-25(13-15-27)18-22(29)26-10-4-5-11-26/h1-3,6-9,16,23-24H,4-5,10-15,17-18H2/p+2/t23-/m1/s1. The van der Waals surface area contributed by atoms with E-state index in [4.69, 9.17) is 0 Å². The fourth-order valence-corrected chi connectivity index (χ4v) is 5.28. The number of rotatable bonds is 7. The van der Waals surface area contributed by atoms with E-state index >= 15 is 0 Å². The summed E-state index contributed by atoms with van der Waals surface area (Å²) in [6, 6.07) is 14.8. The number of carbonyl (C=O) groups is 2. The second-order valence-corrected chi connectivity index (χ2v) is 9.22. The molecule has 4 rings (SSSR count). The van der Waals surface area contributed by atoms with Crippen LogP contribution in [0.2, 0.25) is 0 Å². The van der Waals surface area contributed by atoms with Crippen molar-refractivity contribution < 1.29 is 19.8 Å². The smallest absolute Gasteiger partial charge is 0.278 e. The van der Waals surface area contributed by atoms with Crippen LogP contribution in [0.4, 0.5) is 0 Å². The maximum atomic E-state index is 12.9. The Morgan fingerprint density at radius 2 is 1.63 bits per heavy atom. The number of hydrogen-bond donors (Lipinski definition) is 2. The topological polar surface area (TPSA) is 61.7 Å². The molecule has 2 fully saturated rings. The Kier molecular flexibility index (Phi) is 7.15. The van der Waals surface area contributed by atoms with Gasteiger partial charge in [0.15, 0.2) is 13.1 Å². The lowest BCUT2D eigenvalue weighted by atomic mass is 10.1. The van der Waals surface area contributed by atoms with E-state index in [9.17, 15) is 9.59 Å². The zero-order valence-electron chi connectivity index (χ0n) is 17.5. The van der Waals surface area contributed by atoms with E-state index < -0.39 is 0 Å². The van der Waals surface area contributed by atoms with Crippen molar-refractivity contribution in [2.75, 3.05) is 52.4 Å². The minimum atomic E-state index is 0.153. The van der Waals surface area contributed by atoms with Crippen molar-refractivity contribution in [1.29, 1.82) is 0 Å². The molecule has 2 amide bonds. The molecule has 0 aliphatic carbocycles. The first kappa shape index (κ1) is 21.0. The highest BCUT2D eigenvalue weighted by atomic mass is 32.1. The van der Waals surface area contributed by atoms with Gasteiger partial charge in [0.2, 0.25) is 0 Å². The molecule has 2 aliphatic heterocycles. The zero-order valence-corrected chi connectivity index (χ0v) is 18.3. The number of nitrogens with two attached hydrogens (primary N) is 1. The van der Waals surface area contributed by atoms with E-state index in [0.717, 1.165) is 52.1 Å². The van der Waals surface area contributed by atoms with Gasteiger partial charge >= 0.3 is 0 Å². The average molecular weight is 429 g/mol. The van der Waals surface area contributed by atoms with Crippen LogP contribution < -0.4 is 10.2 Å². The number of amides is 2. The minimum absolute atomic E-state index is 0.153. The first-order chi connectivity index (χ1) is 14.7. The summed E-state index contributed by atoms with van der Waals surface area (Å²) >= 11 is 1.73. The highest BCUT2D eigenvalue weighted by molar-refractivity contribution is 7.10. The second kappa shape index (κ2) is 10.2. The van der Waals surface area contributed by atoms with Crippen LogP contribution in [0.15, 0.2) is 47.8 Å². The highest BCUT2D eigenvalue weighted by Crippen LogP contribution is 2.22. The molecule has 2 aromatic rings. The molecule has 2 aliphatic rings. The molecule has 3 N–H and O–H groups in total. The number of carbonyl (C=O) groups excluding carboxylic acids is 2. The first-order valence-corrected chi connectivity index (χ1v) is 11.9. The van der Waals surface area contributed by atoms with Crippen molar-refractivity contribution in [3.8, 4) is 0 Å². The molecule has 0 unspecified atom stereocenters. The van der Waals surface area contributed by atoms with Crippen LogP contribution in [-0.4, -0.2) is 74.0 Å². The number of benzene rings is 1. The fraction of sp³-hybridized carbons (Fsp3) is 0.478. The molecular formula is C23H32N4O2S+2. The summed E-state index contributed by atoms with van der Waals surface area (Å²) < 4.78 is 0. The van der Waals surface area contributed by atoms with Crippen LogP contribution >= 0.6 is 11.3 Å². The predicted octanol–water partition coefficient (Wildman–Crippen LogP) is -0.250. The molecule has 0 spiro atoms. The third-order valence-electron chi connectivity index (χ3n) is 6.22. The summed E-state index contributed by atoms with van der Waals surface area (Å²) in [5, 5.41) is 4.24. The maximum absolute atomic E-state index is 12.9. The van der Waals surface area contributed by atoms with Crippen LogP contribution in [0.25, 0.3) is 0 Å². The van der Waals surface area contributed by atoms with Crippen molar-refractivity contribution in [2.45, 2.75) is 18.9 Å². The largest absolute Gasteiger partial charge is 0.338 e. The Morgan fingerprint density at radius 3 is 2.30 bits per heavy atom. The minimum Gasteiger partial charge on any atom is -0.338 e. The monoisotopic (exact) mass is 428 g/mol. The Morgan fingerprint density at radius 1 is 0.933 bits per heavy atom. The predicted molar refractivity (Wildman–Crippen MR) is 117 cm³/mol. The Balaban J connectivity index is 1.26. The number of thiophene rings is 1. The first-order valence-electron chi connectivity index (χ1n) is 11.0. The van der Waals surface area contributed by atoms with E-state index in [1.807, 2.05) is 15.9 Å². The second-order valence-electron chi connectivity index (χ2n) is 8.24. The number of nitrogens with zero attached hydrogens (tertiary/aromatic N) is 2. The van der Waals surface area contributed by atoms with Gasteiger partial charge in [0.25, 0.3) is 11.8 Å². The molecule has 0 bridgehead atoms. The summed E-state index contributed by atoms with van der Waals surface area (Å²) in [7, 11) is 0. The van der Waals surface area contributed by atoms with Crippen molar-refractivity contribution in [3.63, 3.8) is 0 Å². The Hall–Kier alpha value is -2.22. The SMILES string of the molecule is O=C(C[NH2+][C@H](c1ccccc1)c1cccs1)N1CC[NH+](CC(=O)N2CCCC2)CC1. The molecule has 160 valence electrons. The number of likely N-dealkylation sites (tertiary alicyclic amines) is 1. The quantitative estimate of drug-likeness (QED) is 0.639. The van der Waals surface area contributed by atoms with Gasteiger partial charge in [0.1, 0.15) is 6.04 Å². The van der Waals surface area contributed by atoms with Gasteiger partial charge in [0.05, 0.1) is 31.1 Å². The summed E-state index contributed by atoms with van der Waals surface area (Å²) in [6.45, 7) is 6.05. The number of nitrogens with one attached hydrogen (secondary N) is 1. The molecule has 6 nitrogen and oxygen atoms in total. The molecule has 1 aromatic carbocycles. The van der Waals surface area contributed by atoms with Crippen LogP contribution in [-0.2, 0) is 9.59 Å². The zero-order chi connectivity index (χ0) is 20.8. The van der Waals surface area contributed by atoms with Gasteiger partial charge < -0.3 is 20.0 Å². The molecular weight excluding hydrogens is 396 g/mol. The fourth-order valence-electron chi connectivity index (χ4n) is 4.43. The molecule has 0 saturated carbocycles. The molecule has 3 heterocycles. The van der Waals surface area contributed by atoms with Crippen molar-refractivity contribution in [1.82, 2.24) is 9.80 Å². The molecule has 0 radical (unpaired) electrons. The van der Waals surface area contributed by atoms with Gasteiger partial charge in [-0.1, -0.05) is 36.4 Å². The lowest BCUT2D eigenvalue weighted by Gasteiger charge is -2.32. The molecule has 1 aromatic heterocycles. The third kappa shape index (κ3) is 5.28. The third-order valence-corrected chi connectivity index (χ3v) is 7.18. The number of quaternary nitrogens is 2. The normalized spacial score (nSPS) is 18.5. The molecule has 7 heteroatoms. The van der Waals surface area contributed by atoms with E-state index in [1.165, 1.54) is 15.3 Å². The van der Waals surface area contributed by atoms with Crippen molar-refractivity contribution >= 4 is 23.2 Å². The average Bonchev–Trinajstić information content (AvgIpc) is 3.50. The van der Waals surface area contributed by atoms with E-state index in [-0.39, 0.29) is 17.9 Å².